The Hall–Kier alpha value is -6.28. The third-order valence-electron chi connectivity index (χ3n) is 10.6. The summed E-state index contributed by atoms with van der Waals surface area (Å²) < 4.78 is 0. The molecule has 0 amide bonds. The van der Waals surface area contributed by atoms with Crippen LogP contribution in [0, 0.1) is 0 Å². The number of hydrogen-bond donors (Lipinski definition) is 0. The zero-order valence-corrected chi connectivity index (χ0v) is 29.6. The minimum absolute atomic E-state index is 0.646. The lowest BCUT2D eigenvalue weighted by molar-refractivity contribution is 1.64. The lowest BCUT2D eigenvalue weighted by Crippen LogP contribution is -2.26. The van der Waals surface area contributed by atoms with Crippen LogP contribution in [0.4, 0.5) is 0 Å². The first-order valence-electron chi connectivity index (χ1n) is 17.8. The summed E-state index contributed by atoms with van der Waals surface area (Å²) in [5.41, 5.74) is 7.62. The Bertz CT molecular complexity index is 2920. The molecule has 0 aliphatic carbocycles. The van der Waals surface area contributed by atoms with Gasteiger partial charge in [0.2, 0.25) is 0 Å². The van der Waals surface area contributed by atoms with Crippen molar-refractivity contribution in [1.29, 1.82) is 0 Å². The van der Waals surface area contributed by atoms with Crippen molar-refractivity contribution in [2.45, 2.75) is 0 Å². The van der Waals surface area contributed by atoms with Crippen molar-refractivity contribution in [3.05, 3.63) is 194 Å². The van der Waals surface area contributed by atoms with Crippen molar-refractivity contribution in [2.75, 3.05) is 0 Å². The maximum atomic E-state index is 2.50. The molecule has 0 N–H and O–H groups in total. The van der Waals surface area contributed by atoms with Crippen molar-refractivity contribution >= 4 is 73.8 Å². The molecule has 0 fully saturated rings. The molecule has 0 saturated carbocycles. The van der Waals surface area contributed by atoms with Crippen LogP contribution in [0.5, 0.6) is 0 Å². The summed E-state index contributed by atoms with van der Waals surface area (Å²) in [5.74, 6) is 0. The molecule has 238 valence electrons. The first-order valence-corrected chi connectivity index (χ1v) is 19.2. The van der Waals surface area contributed by atoms with E-state index in [1.165, 1.54) is 97.6 Å². The van der Waals surface area contributed by atoms with Gasteiger partial charge < -0.3 is 0 Å². The van der Waals surface area contributed by atoms with Gasteiger partial charge in [-0.05, 0) is 99.4 Å². The van der Waals surface area contributed by atoms with E-state index in [2.05, 4.69) is 194 Å². The van der Waals surface area contributed by atoms with Crippen molar-refractivity contribution in [3.8, 4) is 33.4 Å². The van der Waals surface area contributed by atoms with Crippen LogP contribution in [0.2, 0.25) is 0 Å². The molecule has 0 saturated heterocycles. The van der Waals surface area contributed by atoms with Gasteiger partial charge in [-0.25, -0.2) is 0 Å². The second kappa shape index (κ2) is 12.2. The second-order valence-electron chi connectivity index (χ2n) is 13.7. The molecule has 1 heteroatoms. The van der Waals surface area contributed by atoms with Gasteiger partial charge in [0.15, 0.2) is 0 Å². The predicted octanol–water partition coefficient (Wildman–Crippen LogP) is 11.6. The molecule has 0 nitrogen and oxygen atoms in total. The molecule has 0 aliphatic rings. The monoisotopic (exact) mass is 662 g/mol. The van der Waals surface area contributed by atoms with E-state index in [0.29, 0.717) is 0 Å². The fourth-order valence-electron chi connectivity index (χ4n) is 8.24. The lowest BCUT2D eigenvalue weighted by atomic mass is 9.85. The molecule has 0 unspecified atom stereocenters. The minimum atomic E-state index is -0.646. The Labute approximate surface area is 300 Å². The zero-order valence-electron chi connectivity index (χ0n) is 28.2. The van der Waals surface area contributed by atoms with E-state index >= 15 is 0 Å². The van der Waals surface area contributed by atoms with Crippen LogP contribution in [0.1, 0.15) is 0 Å². The Morgan fingerprint density at radius 3 is 1.57 bits per heavy atom. The standard InChI is InChI=1S/C50H34Si/c1-2-15-39(16-3-1)51-40-28-29-46-48(32-40)50(38-27-22-33-12-4-5-13-36(33)30-38)45-21-11-10-20-44(45)49(46)35-25-23-34(24-26-35)47-31-37-14-6-7-17-41(37)42-18-8-9-19-43(42)47/h1-32H,51H2. The van der Waals surface area contributed by atoms with E-state index in [0.717, 1.165) is 0 Å². The van der Waals surface area contributed by atoms with Crippen molar-refractivity contribution < 1.29 is 0 Å². The van der Waals surface area contributed by atoms with E-state index in [1.807, 2.05) is 0 Å². The summed E-state index contributed by atoms with van der Waals surface area (Å²) in [6.07, 6.45) is 0. The topological polar surface area (TPSA) is 0 Å². The normalized spacial score (nSPS) is 11.8. The molecule has 0 radical (unpaired) electrons. The number of fused-ring (bicyclic) bond motifs is 6. The summed E-state index contributed by atoms with van der Waals surface area (Å²) in [4.78, 5) is 0. The van der Waals surface area contributed by atoms with Crippen LogP contribution < -0.4 is 10.4 Å². The van der Waals surface area contributed by atoms with Crippen LogP contribution in [0.15, 0.2) is 194 Å². The molecule has 10 aromatic rings. The Balaban J connectivity index is 1.20. The van der Waals surface area contributed by atoms with Gasteiger partial charge in [-0.2, -0.15) is 0 Å². The Morgan fingerprint density at radius 2 is 0.804 bits per heavy atom. The highest BCUT2D eigenvalue weighted by Crippen LogP contribution is 2.44. The van der Waals surface area contributed by atoms with Gasteiger partial charge in [0.05, 0.1) is 9.52 Å². The third-order valence-corrected chi connectivity index (χ3v) is 12.4. The first-order chi connectivity index (χ1) is 25.3. The summed E-state index contributed by atoms with van der Waals surface area (Å²) in [7, 11) is -0.646. The average molecular weight is 663 g/mol. The highest BCUT2D eigenvalue weighted by molar-refractivity contribution is 6.67. The fourth-order valence-corrected chi connectivity index (χ4v) is 9.76. The van der Waals surface area contributed by atoms with E-state index in [1.54, 1.807) is 0 Å². The summed E-state index contributed by atoms with van der Waals surface area (Å²) >= 11 is 0. The van der Waals surface area contributed by atoms with Gasteiger partial charge in [-0.1, -0.05) is 192 Å². The van der Waals surface area contributed by atoms with Gasteiger partial charge in [0.25, 0.3) is 0 Å². The van der Waals surface area contributed by atoms with Crippen LogP contribution in [0.25, 0.3) is 87.2 Å². The minimum Gasteiger partial charge on any atom is -0.0633 e. The summed E-state index contributed by atoms with van der Waals surface area (Å²) in [6, 6.07) is 72.2. The number of hydrogen-bond acceptors (Lipinski definition) is 0. The molecule has 51 heavy (non-hydrogen) atoms. The maximum Gasteiger partial charge on any atom is 0.0875 e. The van der Waals surface area contributed by atoms with E-state index < -0.39 is 9.52 Å². The molecular formula is C50H34Si. The van der Waals surface area contributed by atoms with E-state index in [9.17, 15) is 0 Å². The van der Waals surface area contributed by atoms with E-state index in [-0.39, 0.29) is 0 Å². The first kappa shape index (κ1) is 29.6. The Morgan fingerprint density at radius 1 is 0.255 bits per heavy atom. The molecule has 0 heterocycles. The molecular weight excluding hydrogens is 629 g/mol. The summed E-state index contributed by atoms with van der Waals surface area (Å²) in [5, 5.41) is 15.8. The van der Waals surface area contributed by atoms with Crippen LogP contribution in [-0.4, -0.2) is 9.52 Å². The number of rotatable bonds is 5. The molecule has 0 spiro atoms. The lowest BCUT2D eigenvalue weighted by Gasteiger charge is -2.19. The van der Waals surface area contributed by atoms with Crippen LogP contribution >= 0.6 is 0 Å². The average Bonchev–Trinajstić information content (AvgIpc) is 3.20. The SMILES string of the molecule is c1ccc([SiH2]c2ccc3c(-c4ccc(-c5cc6ccccc6c6ccccc56)cc4)c4ccccc4c(-c4ccc5ccccc5c4)c3c2)cc1. The van der Waals surface area contributed by atoms with Gasteiger partial charge in [-0.3, -0.25) is 0 Å². The van der Waals surface area contributed by atoms with Gasteiger partial charge in [0, 0.05) is 0 Å². The Kier molecular flexibility index (Phi) is 7.11. The third kappa shape index (κ3) is 5.14. The molecule has 10 aromatic carbocycles. The number of benzene rings is 10. The zero-order chi connectivity index (χ0) is 33.7. The van der Waals surface area contributed by atoms with E-state index in [4.69, 9.17) is 0 Å². The van der Waals surface area contributed by atoms with Gasteiger partial charge >= 0.3 is 0 Å². The van der Waals surface area contributed by atoms with Crippen LogP contribution in [0.3, 0.4) is 0 Å². The van der Waals surface area contributed by atoms with Crippen molar-refractivity contribution in [3.63, 3.8) is 0 Å². The molecule has 10 rings (SSSR count). The molecule has 0 bridgehead atoms. The van der Waals surface area contributed by atoms with Crippen molar-refractivity contribution in [1.82, 2.24) is 0 Å². The highest BCUT2D eigenvalue weighted by Gasteiger charge is 2.18. The molecule has 0 aromatic heterocycles. The predicted molar refractivity (Wildman–Crippen MR) is 225 cm³/mol. The second-order valence-corrected chi connectivity index (χ2v) is 15.7. The maximum absolute atomic E-state index is 2.50. The highest BCUT2D eigenvalue weighted by atomic mass is 28.2. The van der Waals surface area contributed by atoms with Crippen LogP contribution in [-0.2, 0) is 0 Å². The quantitative estimate of drug-likeness (QED) is 0.0977. The largest absolute Gasteiger partial charge is 0.0875 e. The summed E-state index contributed by atoms with van der Waals surface area (Å²) in [6.45, 7) is 0. The van der Waals surface area contributed by atoms with Crippen molar-refractivity contribution in [2.24, 2.45) is 0 Å². The molecule has 0 atom stereocenters. The fraction of sp³-hybridized carbons (Fsp3) is 0. The van der Waals surface area contributed by atoms with Gasteiger partial charge in [-0.15, -0.1) is 0 Å². The van der Waals surface area contributed by atoms with Gasteiger partial charge in [0.1, 0.15) is 0 Å². The smallest absolute Gasteiger partial charge is 0.0633 e. The molecule has 0 aliphatic heterocycles.